The van der Waals surface area contributed by atoms with E-state index in [2.05, 4.69) is 275 Å². The molecule has 3 nitrogen and oxygen atoms in total. The zero-order valence-electron chi connectivity index (χ0n) is 34.7. The first kappa shape index (κ1) is 37.6. The first-order valence-corrected chi connectivity index (χ1v) is 21.5. The second kappa shape index (κ2) is 16.6. The molecule has 1 aromatic heterocycles. The van der Waals surface area contributed by atoms with Gasteiger partial charge in [-0.2, -0.15) is 0 Å². The van der Waals surface area contributed by atoms with Crippen LogP contribution >= 0.6 is 0 Å². The molecular weight excluding hydrogens is 763 g/mol. The number of rotatable bonds is 10. The maximum Gasteiger partial charge on any atom is 0.0542 e. The van der Waals surface area contributed by atoms with Gasteiger partial charge < -0.3 is 14.4 Å². The lowest BCUT2D eigenvalue weighted by Crippen LogP contribution is -2.13. The van der Waals surface area contributed by atoms with Crippen molar-refractivity contribution >= 4 is 55.9 Å². The van der Waals surface area contributed by atoms with Gasteiger partial charge in [0.05, 0.1) is 16.7 Å². The van der Waals surface area contributed by atoms with Crippen LogP contribution in [-0.2, 0) is 0 Å². The van der Waals surface area contributed by atoms with Gasteiger partial charge in [-0.05, 0) is 119 Å². The van der Waals surface area contributed by atoms with Gasteiger partial charge in [0.2, 0.25) is 0 Å². The zero-order valence-corrected chi connectivity index (χ0v) is 34.7. The molecule has 0 aliphatic carbocycles. The third-order valence-electron chi connectivity index (χ3n) is 11.9. The van der Waals surface area contributed by atoms with Crippen LogP contribution in [-0.4, -0.2) is 4.57 Å². The van der Waals surface area contributed by atoms with Crippen LogP contribution in [0.3, 0.4) is 0 Å². The van der Waals surface area contributed by atoms with Crippen molar-refractivity contribution < 1.29 is 0 Å². The number of nitrogens with zero attached hydrogens (tertiary/aromatic N) is 3. The summed E-state index contributed by atoms with van der Waals surface area (Å²) >= 11 is 0. The predicted octanol–water partition coefficient (Wildman–Crippen LogP) is 16.7. The number of fused-ring (bicyclic) bond motifs is 3. The van der Waals surface area contributed by atoms with Crippen molar-refractivity contribution in [3.63, 3.8) is 0 Å². The van der Waals surface area contributed by atoms with Crippen molar-refractivity contribution in [2.45, 2.75) is 0 Å². The maximum atomic E-state index is 2.44. The number of hydrogen-bond donors (Lipinski definition) is 0. The Morgan fingerprint density at radius 3 is 1.33 bits per heavy atom. The lowest BCUT2D eigenvalue weighted by Gasteiger charge is -2.30. The van der Waals surface area contributed by atoms with E-state index in [1.54, 1.807) is 0 Å². The molecule has 298 valence electrons. The van der Waals surface area contributed by atoms with E-state index in [9.17, 15) is 0 Å². The smallest absolute Gasteiger partial charge is 0.0542 e. The standard InChI is InChI=1S/C60H43N3/c1-6-21-44(22-7-1)47-39-48(45-23-8-2-9-24-45)41-54(40-47)63-59-36-19-17-34-56(59)57-43-53(37-38-60(57)63)62(58-35-18-16-33-55(58)46-25-10-3-11-26-46)52-32-20-31-51(42-52)61(49-27-12-4-13-28-49)50-29-14-5-15-30-50/h1-43H. The van der Waals surface area contributed by atoms with Crippen LogP contribution in [0.2, 0.25) is 0 Å². The molecular formula is C60H43N3. The van der Waals surface area contributed by atoms with Gasteiger partial charge in [0, 0.05) is 50.5 Å². The maximum absolute atomic E-state index is 2.44. The van der Waals surface area contributed by atoms with Crippen molar-refractivity contribution in [3.8, 4) is 39.1 Å². The van der Waals surface area contributed by atoms with E-state index in [4.69, 9.17) is 0 Å². The summed E-state index contributed by atoms with van der Waals surface area (Å²) in [5.74, 6) is 0. The van der Waals surface area contributed by atoms with E-state index in [1.807, 2.05) is 0 Å². The highest BCUT2D eigenvalue weighted by Gasteiger charge is 2.22. The van der Waals surface area contributed by atoms with Crippen molar-refractivity contribution in [3.05, 3.63) is 261 Å². The molecule has 0 radical (unpaired) electrons. The van der Waals surface area contributed by atoms with E-state index in [0.29, 0.717) is 0 Å². The minimum Gasteiger partial charge on any atom is -0.310 e. The summed E-state index contributed by atoms with van der Waals surface area (Å²) in [5, 5.41) is 2.38. The number of anilines is 6. The highest BCUT2D eigenvalue weighted by Crippen LogP contribution is 2.45. The van der Waals surface area contributed by atoms with Crippen LogP contribution < -0.4 is 9.80 Å². The molecule has 0 saturated heterocycles. The molecule has 0 N–H and O–H groups in total. The highest BCUT2D eigenvalue weighted by molar-refractivity contribution is 6.11. The van der Waals surface area contributed by atoms with Crippen LogP contribution in [0.15, 0.2) is 261 Å². The molecule has 10 aromatic carbocycles. The van der Waals surface area contributed by atoms with Crippen LogP contribution in [0.1, 0.15) is 0 Å². The van der Waals surface area contributed by atoms with Crippen LogP contribution in [0.25, 0.3) is 60.9 Å². The summed E-state index contributed by atoms with van der Waals surface area (Å²) in [5.41, 5.74) is 17.0. The van der Waals surface area contributed by atoms with Gasteiger partial charge >= 0.3 is 0 Å². The molecule has 11 rings (SSSR count). The molecule has 0 aliphatic heterocycles. The first-order valence-electron chi connectivity index (χ1n) is 21.5. The fourth-order valence-corrected chi connectivity index (χ4v) is 9.04. The minimum atomic E-state index is 1.05. The van der Waals surface area contributed by atoms with E-state index in [0.717, 1.165) is 62.0 Å². The Balaban J connectivity index is 1.13. The van der Waals surface area contributed by atoms with Gasteiger partial charge in [0.15, 0.2) is 0 Å². The average Bonchev–Trinajstić information content (AvgIpc) is 3.70. The summed E-state index contributed by atoms with van der Waals surface area (Å²) in [6, 6.07) is 93.8. The zero-order chi connectivity index (χ0) is 42.0. The summed E-state index contributed by atoms with van der Waals surface area (Å²) in [7, 11) is 0. The normalized spacial score (nSPS) is 11.2. The number of para-hydroxylation sites is 4. The molecule has 0 atom stereocenters. The van der Waals surface area contributed by atoms with E-state index < -0.39 is 0 Å². The van der Waals surface area contributed by atoms with Crippen molar-refractivity contribution in [1.29, 1.82) is 0 Å². The predicted molar refractivity (Wildman–Crippen MR) is 266 cm³/mol. The quantitative estimate of drug-likeness (QED) is 0.136. The Labute approximate surface area is 368 Å². The minimum absolute atomic E-state index is 1.05. The monoisotopic (exact) mass is 805 g/mol. The Morgan fingerprint density at radius 2 is 0.714 bits per heavy atom. The molecule has 0 unspecified atom stereocenters. The molecule has 0 fully saturated rings. The third-order valence-corrected chi connectivity index (χ3v) is 11.9. The summed E-state index contributed by atoms with van der Waals surface area (Å²) in [6.45, 7) is 0. The van der Waals surface area contributed by atoms with Crippen LogP contribution in [0.4, 0.5) is 34.1 Å². The third kappa shape index (κ3) is 7.22. The second-order valence-corrected chi connectivity index (χ2v) is 15.8. The van der Waals surface area contributed by atoms with Gasteiger partial charge in [-0.1, -0.05) is 170 Å². The Bertz CT molecular complexity index is 3230. The Morgan fingerprint density at radius 1 is 0.254 bits per heavy atom. The average molecular weight is 806 g/mol. The van der Waals surface area contributed by atoms with Crippen LogP contribution in [0.5, 0.6) is 0 Å². The van der Waals surface area contributed by atoms with E-state index in [1.165, 1.54) is 33.0 Å². The van der Waals surface area contributed by atoms with Gasteiger partial charge in [-0.3, -0.25) is 0 Å². The SMILES string of the molecule is c1ccc(-c2cc(-c3ccccc3)cc(-n3c4ccccc4c4cc(N(c5cccc(N(c6ccccc6)c6ccccc6)c5)c5ccccc5-c5ccccc5)ccc43)c2)cc1. The second-order valence-electron chi connectivity index (χ2n) is 15.8. The van der Waals surface area contributed by atoms with Crippen molar-refractivity contribution in [2.24, 2.45) is 0 Å². The molecule has 63 heavy (non-hydrogen) atoms. The fourth-order valence-electron chi connectivity index (χ4n) is 9.04. The molecule has 0 saturated carbocycles. The Hall–Kier alpha value is -8.40. The molecule has 0 bridgehead atoms. The van der Waals surface area contributed by atoms with Gasteiger partial charge in [0.25, 0.3) is 0 Å². The molecule has 11 aromatic rings. The molecule has 0 amide bonds. The number of hydrogen-bond acceptors (Lipinski definition) is 2. The summed E-state index contributed by atoms with van der Waals surface area (Å²) < 4.78 is 2.44. The highest BCUT2D eigenvalue weighted by atomic mass is 15.2. The summed E-state index contributed by atoms with van der Waals surface area (Å²) in [6.07, 6.45) is 0. The van der Waals surface area contributed by atoms with E-state index >= 15 is 0 Å². The van der Waals surface area contributed by atoms with Crippen molar-refractivity contribution in [1.82, 2.24) is 4.57 Å². The largest absolute Gasteiger partial charge is 0.310 e. The van der Waals surface area contributed by atoms with E-state index in [-0.39, 0.29) is 0 Å². The van der Waals surface area contributed by atoms with Gasteiger partial charge in [-0.25, -0.2) is 0 Å². The lowest BCUT2D eigenvalue weighted by atomic mass is 9.98. The summed E-state index contributed by atoms with van der Waals surface area (Å²) in [4.78, 5) is 4.75. The van der Waals surface area contributed by atoms with Gasteiger partial charge in [-0.15, -0.1) is 0 Å². The first-order chi connectivity index (χ1) is 31.3. The van der Waals surface area contributed by atoms with Crippen molar-refractivity contribution in [2.75, 3.05) is 9.80 Å². The fraction of sp³-hybridized carbons (Fsp3) is 0. The van der Waals surface area contributed by atoms with Crippen LogP contribution in [0, 0.1) is 0 Å². The number of benzene rings is 10. The van der Waals surface area contributed by atoms with Gasteiger partial charge in [0.1, 0.15) is 0 Å². The molecule has 0 spiro atoms. The topological polar surface area (TPSA) is 11.4 Å². The molecule has 1 heterocycles. The molecule has 0 aliphatic rings. The lowest BCUT2D eigenvalue weighted by molar-refractivity contribution is 1.18. The number of aromatic nitrogens is 1. The molecule has 3 heteroatoms. The Kier molecular flexibility index (Phi) is 9.89.